The number of esters is 1. The molecule has 0 atom stereocenters. The Morgan fingerprint density at radius 2 is 1.61 bits per heavy atom. The summed E-state index contributed by atoms with van der Waals surface area (Å²) in [4.78, 5) is 25.1. The Morgan fingerprint density at radius 3 is 2.21 bits per heavy atom. The molecule has 1 N–H and O–H groups in total. The number of carbonyl (C=O) groups excluding carboxylic acids is 2. The van der Waals surface area contributed by atoms with Gasteiger partial charge in [0.1, 0.15) is 0 Å². The smallest absolute Gasteiger partial charge is 0.340 e. The fraction of sp³-hybridized carbons (Fsp3) is 0.250. The van der Waals surface area contributed by atoms with Crippen molar-refractivity contribution >= 4 is 27.6 Å². The molecule has 9 heteroatoms. The van der Waals surface area contributed by atoms with Gasteiger partial charge in [-0.3, -0.25) is 4.79 Å². The van der Waals surface area contributed by atoms with Gasteiger partial charge in [0.15, 0.2) is 6.61 Å². The molecule has 3 rings (SSSR count). The number of anilines is 1. The lowest BCUT2D eigenvalue weighted by Crippen LogP contribution is -2.30. The number of benzene rings is 2. The highest BCUT2D eigenvalue weighted by molar-refractivity contribution is 7.89. The highest BCUT2D eigenvalue weighted by atomic mass is 32.2. The van der Waals surface area contributed by atoms with Gasteiger partial charge < -0.3 is 14.6 Å². The number of nitrogens with one attached hydrogen (secondary N) is 1. The van der Waals surface area contributed by atoms with E-state index in [1.54, 1.807) is 26.0 Å². The van der Waals surface area contributed by atoms with Crippen molar-refractivity contribution in [1.82, 2.24) is 8.87 Å². The van der Waals surface area contributed by atoms with Crippen LogP contribution in [0.25, 0.3) is 5.69 Å². The van der Waals surface area contributed by atoms with E-state index in [9.17, 15) is 18.0 Å². The number of aromatic nitrogens is 1. The van der Waals surface area contributed by atoms with Gasteiger partial charge in [0, 0.05) is 31.2 Å². The van der Waals surface area contributed by atoms with Crippen LogP contribution in [0.1, 0.15) is 29.8 Å². The molecule has 0 aliphatic carbocycles. The third-order valence-electron chi connectivity index (χ3n) is 5.14. The lowest BCUT2D eigenvalue weighted by Gasteiger charge is -2.18. The molecule has 3 aromatic rings. The SMILES string of the molecule is CCN(CC)S(=O)(=O)c1ccc(NC(=O)COC(=O)c2cccc(C)c2-n2cccc2)cc1. The van der Waals surface area contributed by atoms with Crippen LogP contribution >= 0.6 is 0 Å². The predicted octanol–water partition coefficient (Wildman–Crippen LogP) is 3.61. The summed E-state index contributed by atoms with van der Waals surface area (Å²) < 4.78 is 33.5. The quantitative estimate of drug-likeness (QED) is 0.483. The number of amides is 1. The summed E-state index contributed by atoms with van der Waals surface area (Å²) in [6.07, 6.45) is 3.66. The number of rotatable bonds is 9. The summed E-state index contributed by atoms with van der Waals surface area (Å²) in [5.74, 6) is -1.14. The molecule has 1 aromatic heterocycles. The molecule has 1 amide bonds. The summed E-state index contributed by atoms with van der Waals surface area (Å²) in [5.41, 5.74) is 2.34. The molecular weight excluding hydrogens is 442 g/mol. The maximum atomic E-state index is 12.7. The molecule has 0 saturated heterocycles. The maximum absolute atomic E-state index is 12.7. The summed E-state index contributed by atoms with van der Waals surface area (Å²) >= 11 is 0. The fourth-order valence-corrected chi connectivity index (χ4v) is 4.94. The molecule has 0 radical (unpaired) electrons. The molecule has 0 aliphatic heterocycles. The zero-order valence-corrected chi connectivity index (χ0v) is 19.6. The minimum absolute atomic E-state index is 0.146. The Morgan fingerprint density at radius 1 is 0.970 bits per heavy atom. The van der Waals surface area contributed by atoms with E-state index in [0.717, 1.165) is 5.56 Å². The number of aryl methyl sites for hydroxylation is 1. The van der Waals surface area contributed by atoms with E-state index < -0.39 is 28.5 Å². The number of ether oxygens (including phenoxy) is 1. The fourth-order valence-electron chi connectivity index (χ4n) is 3.48. The third-order valence-corrected chi connectivity index (χ3v) is 7.20. The molecule has 0 aliphatic rings. The summed E-state index contributed by atoms with van der Waals surface area (Å²) in [5, 5.41) is 2.61. The average Bonchev–Trinajstić information content (AvgIpc) is 3.32. The van der Waals surface area contributed by atoms with Gasteiger partial charge in [0.05, 0.1) is 16.1 Å². The first kappa shape index (κ1) is 24.2. The maximum Gasteiger partial charge on any atom is 0.340 e. The topological polar surface area (TPSA) is 97.7 Å². The summed E-state index contributed by atoms with van der Waals surface area (Å²) in [7, 11) is -3.58. The lowest BCUT2D eigenvalue weighted by molar-refractivity contribution is -0.119. The van der Waals surface area contributed by atoms with Crippen molar-refractivity contribution < 1.29 is 22.7 Å². The normalized spacial score (nSPS) is 11.4. The Labute approximate surface area is 193 Å². The highest BCUT2D eigenvalue weighted by Crippen LogP contribution is 2.21. The van der Waals surface area contributed by atoms with Gasteiger partial charge in [0.2, 0.25) is 10.0 Å². The van der Waals surface area contributed by atoms with Gasteiger partial charge >= 0.3 is 5.97 Å². The second-order valence-corrected chi connectivity index (χ2v) is 9.24. The van der Waals surface area contributed by atoms with E-state index in [0.29, 0.717) is 30.0 Å². The van der Waals surface area contributed by atoms with Crippen LogP contribution in [0.15, 0.2) is 71.9 Å². The molecule has 0 unspecified atom stereocenters. The Hall–Kier alpha value is -3.43. The van der Waals surface area contributed by atoms with Crippen molar-refractivity contribution in [2.45, 2.75) is 25.7 Å². The molecule has 0 spiro atoms. The second kappa shape index (κ2) is 10.5. The van der Waals surface area contributed by atoms with Gasteiger partial charge in [-0.05, 0) is 55.0 Å². The molecular formula is C24H27N3O5S. The third kappa shape index (κ3) is 5.50. The van der Waals surface area contributed by atoms with Crippen molar-refractivity contribution in [2.24, 2.45) is 0 Å². The highest BCUT2D eigenvalue weighted by Gasteiger charge is 2.21. The number of nitrogens with zero attached hydrogens (tertiary/aromatic N) is 2. The largest absolute Gasteiger partial charge is 0.452 e. The van der Waals surface area contributed by atoms with Gasteiger partial charge in [-0.2, -0.15) is 4.31 Å². The van der Waals surface area contributed by atoms with E-state index in [2.05, 4.69) is 5.32 Å². The van der Waals surface area contributed by atoms with Gasteiger partial charge in [-0.25, -0.2) is 13.2 Å². The van der Waals surface area contributed by atoms with Crippen LogP contribution in [-0.2, 0) is 19.6 Å². The minimum Gasteiger partial charge on any atom is -0.452 e. The summed E-state index contributed by atoms with van der Waals surface area (Å²) in [6, 6.07) is 14.9. The number of carbonyl (C=O) groups is 2. The van der Waals surface area contributed by atoms with Crippen LogP contribution in [0.5, 0.6) is 0 Å². The van der Waals surface area contributed by atoms with Crippen LogP contribution in [0.2, 0.25) is 0 Å². The summed E-state index contributed by atoms with van der Waals surface area (Å²) in [6.45, 7) is 5.70. The standard InChI is InChI=1S/C24H27N3O5S/c1-4-27(5-2)33(30,31)20-13-11-19(12-14-20)25-22(28)17-32-24(29)21-10-8-9-18(3)23(21)26-15-6-7-16-26/h6-16H,4-5,17H2,1-3H3,(H,25,28). The Bertz CT molecular complexity index is 1220. The van der Waals surface area contributed by atoms with E-state index >= 15 is 0 Å². The van der Waals surface area contributed by atoms with Crippen LogP contribution in [0.4, 0.5) is 5.69 Å². The number of para-hydroxylation sites is 1. The molecule has 174 valence electrons. The zero-order chi connectivity index (χ0) is 24.0. The van der Waals surface area contributed by atoms with E-state index in [4.69, 9.17) is 4.74 Å². The van der Waals surface area contributed by atoms with Crippen molar-refractivity contribution in [3.8, 4) is 5.69 Å². The minimum atomic E-state index is -3.58. The first-order valence-electron chi connectivity index (χ1n) is 10.6. The number of hydrogen-bond acceptors (Lipinski definition) is 5. The second-order valence-electron chi connectivity index (χ2n) is 7.30. The van der Waals surface area contributed by atoms with Crippen LogP contribution in [-0.4, -0.2) is 48.9 Å². The number of hydrogen-bond donors (Lipinski definition) is 1. The van der Waals surface area contributed by atoms with Crippen molar-refractivity contribution in [2.75, 3.05) is 25.0 Å². The number of sulfonamides is 1. The molecule has 0 fully saturated rings. The first-order valence-corrected chi connectivity index (χ1v) is 12.0. The monoisotopic (exact) mass is 469 g/mol. The van der Waals surface area contributed by atoms with Gasteiger partial charge in [-0.1, -0.05) is 26.0 Å². The zero-order valence-electron chi connectivity index (χ0n) is 18.8. The molecule has 1 heterocycles. The van der Waals surface area contributed by atoms with E-state index in [1.165, 1.54) is 28.6 Å². The van der Waals surface area contributed by atoms with Crippen molar-refractivity contribution in [1.29, 1.82) is 0 Å². The molecule has 33 heavy (non-hydrogen) atoms. The average molecular weight is 470 g/mol. The predicted molar refractivity (Wildman–Crippen MR) is 126 cm³/mol. The van der Waals surface area contributed by atoms with Gasteiger partial charge in [0.25, 0.3) is 5.91 Å². The van der Waals surface area contributed by atoms with E-state index in [-0.39, 0.29) is 4.90 Å². The first-order chi connectivity index (χ1) is 15.8. The van der Waals surface area contributed by atoms with Crippen molar-refractivity contribution in [3.63, 3.8) is 0 Å². The van der Waals surface area contributed by atoms with Crippen LogP contribution in [0.3, 0.4) is 0 Å². The molecule has 0 saturated carbocycles. The Kier molecular flexibility index (Phi) is 7.67. The lowest BCUT2D eigenvalue weighted by atomic mass is 10.1. The van der Waals surface area contributed by atoms with Gasteiger partial charge in [-0.15, -0.1) is 0 Å². The Balaban J connectivity index is 1.64. The van der Waals surface area contributed by atoms with E-state index in [1.807, 2.05) is 42.1 Å². The van der Waals surface area contributed by atoms with Crippen molar-refractivity contribution in [3.05, 3.63) is 78.1 Å². The molecule has 0 bridgehead atoms. The van der Waals surface area contributed by atoms with Crippen LogP contribution in [0, 0.1) is 6.92 Å². The van der Waals surface area contributed by atoms with Crippen LogP contribution < -0.4 is 5.32 Å². The molecule has 8 nitrogen and oxygen atoms in total. The molecule has 2 aromatic carbocycles.